The van der Waals surface area contributed by atoms with E-state index in [0.29, 0.717) is 4.32 Å². The summed E-state index contributed by atoms with van der Waals surface area (Å²) >= 11 is 6.57. The lowest BCUT2D eigenvalue weighted by Gasteiger charge is -2.13. The fourth-order valence-corrected chi connectivity index (χ4v) is 2.23. The van der Waals surface area contributed by atoms with Crippen molar-refractivity contribution in [2.75, 3.05) is 11.1 Å². The van der Waals surface area contributed by atoms with Gasteiger partial charge >= 0.3 is 0 Å². The Morgan fingerprint density at radius 2 is 2.07 bits per heavy atom. The van der Waals surface area contributed by atoms with E-state index in [9.17, 15) is 4.39 Å². The predicted octanol–water partition coefficient (Wildman–Crippen LogP) is 3.06. The number of aliphatic imine (C=N–C) groups is 1. The van der Waals surface area contributed by atoms with Gasteiger partial charge in [-0.15, -0.1) is 0 Å². The van der Waals surface area contributed by atoms with E-state index >= 15 is 0 Å². The van der Waals surface area contributed by atoms with Gasteiger partial charge in [0.25, 0.3) is 0 Å². The van der Waals surface area contributed by atoms with Crippen LogP contribution in [-0.4, -0.2) is 15.9 Å². The molecule has 0 unspecified atom stereocenters. The van der Waals surface area contributed by atoms with Crippen molar-refractivity contribution in [2.24, 2.45) is 4.99 Å². The fourth-order valence-electron chi connectivity index (χ4n) is 1.22. The molecule has 0 saturated heterocycles. The standard InChI is InChI=1S/C10H9FN2S2/c11-7-1-3-8(4-2-7)12-9-5-6-15-10(14)13-9/h1-4H,5-6H2,(H,12,13,14). The molecule has 2 rings (SSSR count). The first-order chi connectivity index (χ1) is 7.24. The Kier molecular flexibility index (Phi) is 3.33. The minimum atomic E-state index is -0.239. The van der Waals surface area contributed by atoms with Gasteiger partial charge in [-0.3, -0.25) is 0 Å². The molecule has 0 bridgehead atoms. The molecule has 0 radical (unpaired) electrons. The highest BCUT2D eigenvalue weighted by atomic mass is 32.2. The maximum atomic E-state index is 12.6. The summed E-state index contributed by atoms with van der Waals surface area (Å²) < 4.78 is 13.3. The van der Waals surface area contributed by atoms with E-state index in [1.165, 1.54) is 12.1 Å². The third-order valence-electron chi connectivity index (χ3n) is 1.92. The first-order valence-electron chi connectivity index (χ1n) is 4.51. The first-order valence-corrected chi connectivity index (χ1v) is 5.90. The summed E-state index contributed by atoms with van der Waals surface area (Å²) in [6.07, 6.45) is 0.863. The summed E-state index contributed by atoms with van der Waals surface area (Å²) in [6, 6.07) is 6.20. The van der Waals surface area contributed by atoms with E-state index in [1.807, 2.05) is 0 Å². The van der Waals surface area contributed by atoms with Crippen LogP contribution in [0.2, 0.25) is 0 Å². The number of nitrogens with one attached hydrogen (secondary N) is 1. The van der Waals surface area contributed by atoms with Gasteiger partial charge < -0.3 is 5.32 Å². The van der Waals surface area contributed by atoms with Gasteiger partial charge in [0.1, 0.15) is 11.7 Å². The molecule has 2 nitrogen and oxygen atoms in total. The van der Waals surface area contributed by atoms with Crippen molar-refractivity contribution in [1.29, 1.82) is 0 Å². The first kappa shape index (κ1) is 10.6. The van der Waals surface area contributed by atoms with Crippen molar-refractivity contribution in [3.63, 3.8) is 0 Å². The maximum Gasteiger partial charge on any atom is 0.161 e. The van der Waals surface area contributed by atoms with E-state index in [0.717, 1.165) is 23.7 Å². The monoisotopic (exact) mass is 240 g/mol. The molecule has 1 aliphatic rings. The summed E-state index contributed by atoms with van der Waals surface area (Å²) in [4.78, 5) is 4.21. The quantitative estimate of drug-likeness (QED) is 0.763. The molecule has 1 aromatic rings. The molecule has 0 saturated carbocycles. The topological polar surface area (TPSA) is 24.4 Å². The Labute approximate surface area is 97.0 Å². The molecule has 0 atom stereocenters. The Hall–Kier alpha value is -0.940. The maximum absolute atomic E-state index is 12.6. The lowest BCUT2D eigenvalue weighted by Crippen LogP contribution is -2.17. The molecular formula is C10H9FN2S2. The molecule has 0 spiro atoms. The Balaban J connectivity index is 2.08. The summed E-state index contributed by atoms with van der Waals surface area (Å²) in [6.45, 7) is 0. The lowest BCUT2D eigenvalue weighted by molar-refractivity contribution is 0.628. The summed E-state index contributed by atoms with van der Waals surface area (Å²) in [7, 11) is 0. The van der Waals surface area contributed by atoms with Crippen LogP contribution in [0.15, 0.2) is 29.3 Å². The highest BCUT2D eigenvalue weighted by Crippen LogP contribution is 2.16. The molecule has 0 amide bonds. The average molecular weight is 240 g/mol. The molecule has 1 aromatic carbocycles. The van der Waals surface area contributed by atoms with Crippen molar-refractivity contribution >= 4 is 39.8 Å². The van der Waals surface area contributed by atoms with Crippen molar-refractivity contribution < 1.29 is 4.39 Å². The van der Waals surface area contributed by atoms with Crippen LogP contribution < -0.4 is 5.32 Å². The van der Waals surface area contributed by atoms with Crippen LogP contribution in [0.4, 0.5) is 10.1 Å². The zero-order chi connectivity index (χ0) is 10.7. The van der Waals surface area contributed by atoms with Crippen molar-refractivity contribution in [2.45, 2.75) is 6.42 Å². The average Bonchev–Trinajstić information content (AvgIpc) is 2.22. The Morgan fingerprint density at radius 1 is 1.33 bits per heavy atom. The van der Waals surface area contributed by atoms with Crippen molar-refractivity contribution in [3.8, 4) is 0 Å². The third-order valence-corrected chi connectivity index (χ3v) is 3.11. The van der Waals surface area contributed by atoms with Crippen molar-refractivity contribution in [3.05, 3.63) is 30.1 Å². The number of thioether (sulfide) groups is 1. The number of benzene rings is 1. The molecule has 5 heteroatoms. The number of hydrogen-bond donors (Lipinski definition) is 1. The second-order valence-corrected chi connectivity index (χ2v) is 4.78. The highest BCUT2D eigenvalue weighted by molar-refractivity contribution is 8.23. The van der Waals surface area contributed by atoms with Gasteiger partial charge in [-0.05, 0) is 24.3 Å². The molecule has 0 aliphatic carbocycles. The van der Waals surface area contributed by atoms with Gasteiger partial charge in [0.2, 0.25) is 0 Å². The van der Waals surface area contributed by atoms with Crippen LogP contribution in [-0.2, 0) is 0 Å². The molecule has 15 heavy (non-hydrogen) atoms. The Morgan fingerprint density at radius 3 is 2.73 bits per heavy atom. The molecule has 0 fully saturated rings. The minimum Gasteiger partial charge on any atom is -0.344 e. The number of rotatable bonds is 1. The minimum absolute atomic E-state index is 0.239. The molecule has 1 N–H and O–H groups in total. The van der Waals surface area contributed by atoms with E-state index < -0.39 is 0 Å². The van der Waals surface area contributed by atoms with Crippen LogP contribution in [0.1, 0.15) is 6.42 Å². The summed E-state index contributed by atoms with van der Waals surface area (Å²) in [5, 5.41) is 3.12. The van der Waals surface area contributed by atoms with Gasteiger partial charge in [-0.1, -0.05) is 24.0 Å². The summed E-state index contributed by atoms with van der Waals surface area (Å²) in [5.74, 6) is 1.56. The zero-order valence-corrected chi connectivity index (χ0v) is 9.50. The molecule has 1 aliphatic heterocycles. The number of halogens is 1. The number of hydrogen-bond acceptors (Lipinski definition) is 3. The van der Waals surface area contributed by atoms with E-state index in [1.54, 1.807) is 23.9 Å². The van der Waals surface area contributed by atoms with Crippen LogP contribution >= 0.6 is 24.0 Å². The van der Waals surface area contributed by atoms with Crippen LogP contribution in [0.25, 0.3) is 0 Å². The second-order valence-electron chi connectivity index (χ2n) is 3.05. The van der Waals surface area contributed by atoms with Crippen LogP contribution in [0.3, 0.4) is 0 Å². The SMILES string of the molecule is Fc1ccc(NC2=NC(=S)SCC2)cc1. The van der Waals surface area contributed by atoms with Gasteiger partial charge in [0.05, 0.1) is 0 Å². The number of amidine groups is 1. The molecule has 1 heterocycles. The van der Waals surface area contributed by atoms with Crippen LogP contribution in [0, 0.1) is 5.82 Å². The van der Waals surface area contributed by atoms with E-state index in [-0.39, 0.29) is 5.82 Å². The number of anilines is 1. The van der Waals surface area contributed by atoms with E-state index in [2.05, 4.69) is 10.3 Å². The summed E-state index contributed by atoms with van der Waals surface area (Å²) in [5.41, 5.74) is 0.838. The second kappa shape index (κ2) is 4.72. The van der Waals surface area contributed by atoms with E-state index in [4.69, 9.17) is 12.2 Å². The highest BCUT2D eigenvalue weighted by Gasteiger charge is 2.09. The van der Waals surface area contributed by atoms with Gasteiger partial charge in [0, 0.05) is 17.9 Å². The Bertz CT molecular complexity index is 400. The third kappa shape index (κ3) is 3.00. The van der Waals surface area contributed by atoms with Gasteiger partial charge in [-0.2, -0.15) is 0 Å². The van der Waals surface area contributed by atoms with Crippen molar-refractivity contribution in [1.82, 2.24) is 0 Å². The number of thiocarbonyl (C=S) groups is 1. The predicted molar refractivity (Wildman–Crippen MR) is 67.1 cm³/mol. The van der Waals surface area contributed by atoms with Gasteiger partial charge in [-0.25, -0.2) is 9.38 Å². The largest absolute Gasteiger partial charge is 0.344 e. The normalized spacial score (nSPS) is 16.1. The fraction of sp³-hybridized carbons (Fsp3) is 0.200. The molecular weight excluding hydrogens is 231 g/mol. The lowest BCUT2D eigenvalue weighted by atomic mass is 10.3. The van der Waals surface area contributed by atoms with Crippen LogP contribution in [0.5, 0.6) is 0 Å². The van der Waals surface area contributed by atoms with Gasteiger partial charge in [0.15, 0.2) is 4.32 Å². The number of nitrogens with zero attached hydrogens (tertiary/aromatic N) is 1. The zero-order valence-electron chi connectivity index (χ0n) is 7.87. The molecule has 78 valence electrons. The molecule has 0 aromatic heterocycles. The smallest absolute Gasteiger partial charge is 0.161 e.